The highest BCUT2D eigenvalue weighted by atomic mass is 35.5. The molecule has 0 bridgehead atoms. The highest BCUT2D eigenvalue weighted by Crippen LogP contribution is 2.25. The maximum Gasteiger partial charge on any atom is 0.251 e. The molecule has 0 saturated carbocycles. The Kier molecular flexibility index (Phi) is 5.23. The van der Waals surface area contributed by atoms with Gasteiger partial charge in [-0.1, -0.05) is 41.4 Å². The molecule has 0 radical (unpaired) electrons. The van der Waals surface area contributed by atoms with E-state index in [-0.39, 0.29) is 11.9 Å². The summed E-state index contributed by atoms with van der Waals surface area (Å²) < 4.78 is 0. The van der Waals surface area contributed by atoms with Crippen LogP contribution in [0.1, 0.15) is 34.5 Å². The van der Waals surface area contributed by atoms with Gasteiger partial charge in [0.1, 0.15) is 0 Å². The molecule has 110 valence electrons. The topological polar surface area (TPSA) is 55.1 Å². The first kappa shape index (κ1) is 15.8. The second kappa shape index (κ2) is 6.94. The Morgan fingerprint density at radius 1 is 1.14 bits per heavy atom. The summed E-state index contributed by atoms with van der Waals surface area (Å²) in [5.41, 5.74) is 8.02. The van der Waals surface area contributed by atoms with E-state index in [1.165, 1.54) is 0 Å². The molecule has 2 rings (SSSR count). The lowest BCUT2D eigenvalue weighted by atomic mass is 10.1. The van der Waals surface area contributed by atoms with E-state index in [0.29, 0.717) is 22.2 Å². The molecule has 2 aromatic rings. The van der Waals surface area contributed by atoms with Crippen molar-refractivity contribution in [3.63, 3.8) is 0 Å². The summed E-state index contributed by atoms with van der Waals surface area (Å²) in [7, 11) is 0. The van der Waals surface area contributed by atoms with Crippen molar-refractivity contribution in [2.45, 2.75) is 19.5 Å². The monoisotopic (exact) mass is 322 g/mol. The third kappa shape index (κ3) is 3.97. The van der Waals surface area contributed by atoms with Crippen LogP contribution in [0.5, 0.6) is 0 Å². The summed E-state index contributed by atoms with van der Waals surface area (Å²) in [5, 5.41) is 3.90. The lowest BCUT2D eigenvalue weighted by Gasteiger charge is -2.15. The number of carbonyl (C=O) groups excluding carboxylic acids is 1. The summed E-state index contributed by atoms with van der Waals surface area (Å²) >= 11 is 11.9. The Morgan fingerprint density at radius 2 is 1.81 bits per heavy atom. The fourth-order valence-electron chi connectivity index (χ4n) is 1.94. The fraction of sp³-hybridized carbons (Fsp3) is 0.188. The smallest absolute Gasteiger partial charge is 0.251 e. The van der Waals surface area contributed by atoms with Gasteiger partial charge in [0.25, 0.3) is 5.91 Å². The molecule has 3 N–H and O–H groups in total. The molecule has 3 nitrogen and oxygen atoms in total. The normalized spacial score (nSPS) is 12.0. The van der Waals surface area contributed by atoms with Crippen LogP contribution in [-0.2, 0) is 6.54 Å². The Balaban J connectivity index is 2.08. The molecule has 0 aliphatic rings. The standard InChI is InChI=1S/C16H16Cl2N2O/c1-10(13-6-7-14(17)15(18)8-13)20-16(21)12-4-2-11(9-19)3-5-12/h2-8,10H,9,19H2,1H3,(H,20,21). The van der Waals surface area contributed by atoms with Gasteiger partial charge in [-0.05, 0) is 42.3 Å². The minimum Gasteiger partial charge on any atom is -0.346 e. The van der Waals surface area contributed by atoms with E-state index in [1.807, 2.05) is 25.1 Å². The lowest BCUT2D eigenvalue weighted by Crippen LogP contribution is -2.26. The second-order valence-corrected chi connectivity index (χ2v) is 5.58. The van der Waals surface area contributed by atoms with E-state index >= 15 is 0 Å². The van der Waals surface area contributed by atoms with Crippen LogP contribution in [0.4, 0.5) is 0 Å². The molecule has 0 aromatic heterocycles. The Morgan fingerprint density at radius 3 is 2.38 bits per heavy atom. The number of nitrogens with two attached hydrogens (primary N) is 1. The Hall–Kier alpha value is -1.55. The molecule has 0 heterocycles. The van der Waals surface area contributed by atoms with Gasteiger partial charge in [-0.15, -0.1) is 0 Å². The van der Waals surface area contributed by atoms with E-state index in [9.17, 15) is 4.79 Å². The zero-order valence-corrected chi connectivity index (χ0v) is 13.1. The van der Waals surface area contributed by atoms with Crippen LogP contribution in [0.15, 0.2) is 42.5 Å². The minimum atomic E-state index is -0.165. The van der Waals surface area contributed by atoms with E-state index in [0.717, 1.165) is 11.1 Å². The molecule has 1 amide bonds. The first-order valence-corrected chi connectivity index (χ1v) is 7.31. The fourth-order valence-corrected chi connectivity index (χ4v) is 2.24. The van der Waals surface area contributed by atoms with Crippen LogP contribution in [-0.4, -0.2) is 5.91 Å². The molecule has 1 atom stereocenters. The molecule has 0 saturated heterocycles. The summed E-state index contributed by atoms with van der Waals surface area (Å²) in [5.74, 6) is -0.142. The van der Waals surface area contributed by atoms with Crippen LogP contribution in [0.3, 0.4) is 0 Å². The van der Waals surface area contributed by atoms with Crippen LogP contribution < -0.4 is 11.1 Å². The maximum atomic E-state index is 12.2. The van der Waals surface area contributed by atoms with Gasteiger partial charge in [0.15, 0.2) is 0 Å². The highest BCUT2D eigenvalue weighted by Gasteiger charge is 2.12. The summed E-state index contributed by atoms with van der Waals surface area (Å²) in [6.07, 6.45) is 0. The van der Waals surface area contributed by atoms with Crippen molar-refractivity contribution in [2.24, 2.45) is 5.73 Å². The first-order valence-electron chi connectivity index (χ1n) is 6.56. The first-order chi connectivity index (χ1) is 10.0. The van der Waals surface area contributed by atoms with Crippen molar-refractivity contribution in [3.8, 4) is 0 Å². The number of carbonyl (C=O) groups is 1. The number of rotatable bonds is 4. The zero-order chi connectivity index (χ0) is 15.4. The number of hydrogen-bond donors (Lipinski definition) is 2. The molecule has 21 heavy (non-hydrogen) atoms. The molecule has 1 unspecified atom stereocenters. The van der Waals surface area contributed by atoms with Crippen molar-refractivity contribution in [1.82, 2.24) is 5.32 Å². The molecular formula is C16H16Cl2N2O. The maximum absolute atomic E-state index is 12.2. The van der Waals surface area contributed by atoms with Crippen molar-refractivity contribution in [2.75, 3.05) is 0 Å². The van der Waals surface area contributed by atoms with Gasteiger partial charge in [-0.25, -0.2) is 0 Å². The van der Waals surface area contributed by atoms with Crippen molar-refractivity contribution < 1.29 is 4.79 Å². The molecule has 0 fully saturated rings. The molecule has 5 heteroatoms. The third-order valence-corrected chi connectivity index (χ3v) is 3.98. The SMILES string of the molecule is CC(NC(=O)c1ccc(CN)cc1)c1ccc(Cl)c(Cl)c1. The third-order valence-electron chi connectivity index (χ3n) is 3.24. The Bertz CT molecular complexity index is 641. The number of benzene rings is 2. The zero-order valence-electron chi connectivity index (χ0n) is 11.6. The number of nitrogens with one attached hydrogen (secondary N) is 1. The van der Waals surface area contributed by atoms with Crippen LogP contribution in [0.25, 0.3) is 0 Å². The molecule has 0 aliphatic carbocycles. The number of hydrogen-bond acceptors (Lipinski definition) is 2. The number of halogens is 2. The van der Waals surface area contributed by atoms with Gasteiger partial charge in [0.2, 0.25) is 0 Å². The quantitative estimate of drug-likeness (QED) is 0.895. The lowest BCUT2D eigenvalue weighted by molar-refractivity contribution is 0.0940. The van der Waals surface area contributed by atoms with Crippen molar-refractivity contribution in [3.05, 3.63) is 69.2 Å². The average Bonchev–Trinajstić information content (AvgIpc) is 2.50. The summed E-state index contributed by atoms with van der Waals surface area (Å²) in [6, 6.07) is 12.4. The molecule has 0 aliphatic heterocycles. The Labute approximate surface area is 134 Å². The van der Waals surface area contributed by atoms with E-state index in [1.54, 1.807) is 24.3 Å². The molecular weight excluding hydrogens is 307 g/mol. The summed E-state index contributed by atoms with van der Waals surface area (Å²) in [4.78, 5) is 12.2. The van der Waals surface area contributed by atoms with Gasteiger partial charge >= 0.3 is 0 Å². The molecule has 2 aromatic carbocycles. The van der Waals surface area contributed by atoms with Crippen molar-refractivity contribution >= 4 is 29.1 Å². The average molecular weight is 323 g/mol. The van der Waals surface area contributed by atoms with Crippen LogP contribution in [0, 0.1) is 0 Å². The predicted octanol–water partition coefficient (Wildman–Crippen LogP) is 3.94. The minimum absolute atomic E-state index is 0.142. The molecule has 0 spiro atoms. The van der Waals surface area contributed by atoms with Gasteiger partial charge in [-0.3, -0.25) is 4.79 Å². The van der Waals surface area contributed by atoms with Crippen LogP contribution >= 0.6 is 23.2 Å². The highest BCUT2D eigenvalue weighted by molar-refractivity contribution is 6.42. The summed E-state index contributed by atoms with van der Waals surface area (Å²) in [6.45, 7) is 2.35. The van der Waals surface area contributed by atoms with Gasteiger partial charge in [0, 0.05) is 12.1 Å². The van der Waals surface area contributed by atoms with Crippen LogP contribution in [0.2, 0.25) is 10.0 Å². The largest absolute Gasteiger partial charge is 0.346 e. The van der Waals surface area contributed by atoms with E-state index in [2.05, 4.69) is 5.32 Å². The van der Waals surface area contributed by atoms with Gasteiger partial charge in [-0.2, -0.15) is 0 Å². The van der Waals surface area contributed by atoms with E-state index in [4.69, 9.17) is 28.9 Å². The van der Waals surface area contributed by atoms with Crippen molar-refractivity contribution in [1.29, 1.82) is 0 Å². The number of amides is 1. The van der Waals surface area contributed by atoms with E-state index < -0.39 is 0 Å². The van der Waals surface area contributed by atoms with Gasteiger partial charge < -0.3 is 11.1 Å². The predicted molar refractivity (Wildman–Crippen MR) is 86.7 cm³/mol. The van der Waals surface area contributed by atoms with Gasteiger partial charge in [0.05, 0.1) is 16.1 Å². The second-order valence-electron chi connectivity index (χ2n) is 4.77.